The number of nitrogens with zero attached hydrogens (tertiary/aromatic N) is 1. The zero-order valence-electron chi connectivity index (χ0n) is 11.5. The summed E-state index contributed by atoms with van der Waals surface area (Å²) in [6.45, 7) is 0.100. The van der Waals surface area contributed by atoms with Gasteiger partial charge in [-0.3, -0.25) is 0 Å². The number of rotatable bonds is 7. The Morgan fingerprint density at radius 3 is 2.75 bits per heavy atom. The fourth-order valence-corrected chi connectivity index (χ4v) is 2.74. The monoisotopic (exact) mass is 298 g/mol. The molecule has 0 aliphatic heterocycles. The second kappa shape index (κ2) is 7.14. The van der Waals surface area contributed by atoms with Gasteiger partial charge in [-0.05, 0) is 12.1 Å². The van der Waals surface area contributed by atoms with Gasteiger partial charge in [0.15, 0.2) is 0 Å². The quantitative estimate of drug-likeness (QED) is 0.710. The maximum Gasteiger partial charge on any atom is 0.243 e. The SMILES string of the molecule is C#CCNc1ccc(S(=O)(=O)N(C)CCO)cc1OC. The Kier molecular flexibility index (Phi) is 5.82. The van der Waals surface area contributed by atoms with Crippen molar-refractivity contribution in [3.8, 4) is 18.1 Å². The summed E-state index contributed by atoms with van der Waals surface area (Å²) in [5, 5.41) is 11.8. The van der Waals surface area contributed by atoms with Gasteiger partial charge in [-0.15, -0.1) is 6.42 Å². The van der Waals surface area contributed by atoms with Crippen molar-refractivity contribution in [2.24, 2.45) is 0 Å². The third-order valence-corrected chi connectivity index (χ3v) is 4.53. The maximum absolute atomic E-state index is 12.2. The molecule has 0 saturated heterocycles. The van der Waals surface area contributed by atoms with E-state index in [1.54, 1.807) is 6.07 Å². The van der Waals surface area contributed by atoms with Crippen LogP contribution in [0.1, 0.15) is 0 Å². The second-order valence-corrected chi connectivity index (χ2v) is 6.01. The first-order chi connectivity index (χ1) is 9.47. The van der Waals surface area contributed by atoms with Gasteiger partial charge in [0, 0.05) is 19.7 Å². The predicted octanol–water partition coefficient (Wildman–Crippen LogP) is 0.353. The van der Waals surface area contributed by atoms with Crippen LogP contribution < -0.4 is 10.1 Å². The summed E-state index contributed by atoms with van der Waals surface area (Å²) in [6, 6.07) is 4.47. The van der Waals surface area contributed by atoms with Crippen LogP contribution in [0, 0.1) is 12.3 Å². The van der Waals surface area contributed by atoms with E-state index in [0.717, 1.165) is 4.31 Å². The van der Waals surface area contributed by atoms with E-state index in [1.807, 2.05) is 0 Å². The number of hydrogen-bond acceptors (Lipinski definition) is 5. The summed E-state index contributed by atoms with van der Waals surface area (Å²) in [4.78, 5) is 0.0940. The normalized spacial score (nSPS) is 11.2. The van der Waals surface area contributed by atoms with Crippen molar-refractivity contribution < 1.29 is 18.3 Å². The van der Waals surface area contributed by atoms with Crippen LogP contribution in [0.15, 0.2) is 23.1 Å². The van der Waals surface area contributed by atoms with Gasteiger partial charge < -0.3 is 15.2 Å². The minimum Gasteiger partial charge on any atom is -0.495 e. The van der Waals surface area contributed by atoms with E-state index in [9.17, 15) is 8.42 Å². The molecule has 1 aromatic rings. The first-order valence-corrected chi connectivity index (χ1v) is 7.34. The topological polar surface area (TPSA) is 78.9 Å². The van der Waals surface area contributed by atoms with Crippen LogP contribution in [0.25, 0.3) is 0 Å². The number of anilines is 1. The largest absolute Gasteiger partial charge is 0.495 e. The number of aliphatic hydroxyl groups excluding tert-OH is 1. The van der Waals surface area contributed by atoms with E-state index in [1.165, 1.54) is 26.3 Å². The number of terminal acetylenes is 1. The number of ether oxygens (including phenoxy) is 1. The van der Waals surface area contributed by atoms with E-state index in [0.29, 0.717) is 18.0 Å². The molecule has 0 atom stereocenters. The van der Waals surface area contributed by atoms with Gasteiger partial charge in [0.25, 0.3) is 0 Å². The number of nitrogens with one attached hydrogen (secondary N) is 1. The molecule has 0 spiro atoms. The summed E-state index contributed by atoms with van der Waals surface area (Å²) >= 11 is 0. The molecule has 0 aromatic heterocycles. The highest BCUT2D eigenvalue weighted by Crippen LogP contribution is 2.28. The lowest BCUT2D eigenvalue weighted by atomic mass is 10.3. The molecule has 0 saturated carbocycles. The highest BCUT2D eigenvalue weighted by atomic mass is 32.2. The lowest BCUT2D eigenvalue weighted by Crippen LogP contribution is -2.29. The second-order valence-electron chi connectivity index (χ2n) is 3.97. The number of hydrogen-bond donors (Lipinski definition) is 2. The molecule has 0 amide bonds. The van der Waals surface area contributed by atoms with Crippen molar-refractivity contribution in [2.45, 2.75) is 4.90 Å². The number of sulfonamides is 1. The molecule has 110 valence electrons. The maximum atomic E-state index is 12.2. The zero-order chi connectivity index (χ0) is 15.2. The number of aliphatic hydroxyl groups is 1. The third kappa shape index (κ3) is 3.63. The molecule has 1 rings (SSSR count). The van der Waals surface area contributed by atoms with E-state index in [-0.39, 0.29) is 18.0 Å². The van der Waals surface area contributed by atoms with Crippen molar-refractivity contribution >= 4 is 15.7 Å². The fraction of sp³-hybridized carbons (Fsp3) is 0.385. The molecule has 0 radical (unpaired) electrons. The highest BCUT2D eigenvalue weighted by Gasteiger charge is 2.21. The summed E-state index contributed by atoms with van der Waals surface area (Å²) in [5.41, 5.74) is 0.620. The van der Waals surface area contributed by atoms with E-state index in [2.05, 4.69) is 11.2 Å². The first kappa shape index (κ1) is 16.3. The number of methoxy groups -OCH3 is 1. The van der Waals surface area contributed by atoms with Crippen molar-refractivity contribution in [1.82, 2.24) is 4.31 Å². The highest BCUT2D eigenvalue weighted by molar-refractivity contribution is 7.89. The van der Waals surface area contributed by atoms with Crippen LogP contribution in [0.2, 0.25) is 0 Å². The molecule has 0 unspecified atom stereocenters. The van der Waals surface area contributed by atoms with Crippen LogP contribution in [-0.2, 0) is 10.0 Å². The van der Waals surface area contributed by atoms with E-state index < -0.39 is 10.0 Å². The van der Waals surface area contributed by atoms with Crippen LogP contribution >= 0.6 is 0 Å². The van der Waals surface area contributed by atoms with Gasteiger partial charge in [0.1, 0.15) is 5.75 Å². The zero-order valence-corrected chi connectivity index (χ0v) is 12.3. The van der Waals surface area contributed by atoms with Crippen molar-refractivity contribution in [3.05, 3.63) is 18.2 Å². The Morgan fingerprint density at radius 1 is 1.50 bits per heavy atom. The van der Waals surface area contributed by atoms with Crippen molar-refractivity contribution in [3.63, 3.8) is 0 Å². The average molecular weight is 298 g/mol. The van der Waals surface area contributed by atoms with E-state index >= 15 is 0 Å². The minimum absolute atomic E-state index is 0.0295. The molecule has 0 aliphatic rings. The van der Waals surface area contributed by atoms with Crippen LogP contribution in [0.5, 0.6) is 5.75 Å². The standard InChI is InChI=1S/C13H18N2O4S/c1-4-7-14-12-6-5-11(10-13(12)19-3)20(17,18)15(2)8-9-16/h1,5-6,10,14,16H,7-9H2,2-3H3. The molecule has 20 heavy (non-hydrogen) atoms. The molecular formula is C13H18N2O4S. The van der Waals surface area contributed by atoms with Gasteiger partial charge >= 0.3 is 0 Å². The van der Waals surface area contributed by atoms with Gasteiger partial charge in [0.05, 0.1) is 30.8 Å². The number of likely N-dealkylation sites (N-methyl/N-ethyl adjacent to an activating group) is 1. The predicted molar refractivity (Wildman–Crippen MR) is 77.2 cm³/mol. The molecule has 6 nitrogen and oxygen atoms in total. The molecule has 0 heterocycles. The lowest BCUT2D eigenvalue weighted by Gasteiger charge is -2.17. The molecular weight excluding hydrogens is 280 g/mol. The third-order valence-electron chi connectivity index (χ3n) is 2.68. The Balaban J connectivity index is 3.12. The summed E-state index contributed by atoms with van der Waals surface area (Å²) in [7, 11) is -0.792. The summed E-state index contributed by atoms with van der Waals surface area (Å²) in [6.07, 6.45) is 5.16. The Morgan fingerprint density at radius 2 is 2.20 bits per heavy atom. The summed E-state index contributed by atoms with van der Waals surface area (Å²) in [5.74, 6) is 2.81. The van der Waals surface area contributed by atoms with E-state index in [4.69, 9.17) is 16.3 Å². The van der Waals surface area contributed by atoms with Gasteiger partial charge in [0.2, 0.25) is 10.0 Å². The molecule has 0 bridgehead atoms. The Hall–Kier alpha value is -1.75. The molecule has 7 heteroatoms. The van der Waals surface area contributed by atoms with Gasteiger partial charge in [-0.1, -0.05) is 5.92 Å². The molecule has 0 aliphatic carbocycles. The Bertz CT molecular complexity index is 593. The summed E-state index contributed by atoms with van der Waals surface area (Å²) < 4.78 is 30.7. The van der Waals surface area contributed by atoms with Crippen LogP contribution in [0.4, 0.5) is 5.69 Å². The fourth-order valence-electron chi connectivity index (χ4n) is 1.57. The lowest BCUT2D eigenvalue weighted by molar-refractivity contribution is 0.266. The molecule has 2 N–H and O–H groups in total. The number of benzene rings is 1. The van der Waals surface area contributed by atoms with Gasteiger partial charge in [-0.2, -0.15) is 4.31 Å². The van der Waals surface area contributed by atoms with Gasteiger partial charge in [-0.25, -0.2) is 8.42 Å². The van der Waals surface area contributed by atoms with Crippen molar-refractivity contribution in [2.75, 3.05) is 39.2 Å². The first-order valence-electron chi connectivity index (χ1n) is 5.90. The average Bonchev–Trinajstić information content (AvgIpc) is 2.45. The smallest absolute Gasteiger partial charge is 0.243 e. The van der Waals surface area contributed by atoms with Crippen LogP contribution in [-0.4, -0.2) is 51.7 Å². The minimum atomic E-state index is -3.65. The molecule has 1 aromatic carbocycles. The Labute approximate surface area is 119 Å². The van der Waals surface area contributed by atoms with Crippen molar-refractivity contribution in [1.29, 1.82) is 0 Å². The van der Waals surface area contributed by atoms with Crippen LogP contribution in [0.3, 0.4) is 0 Å². The molecule has 0 fully saturated rings.